The highest BCUT2D eigenvalue weighted by molar-refractivity contribution is 6.06. The second-order valence-corrected chi connectivity index (χ2v) is 9.07. The third-order valence-corrected chi connectivity index (χ3v) is 7.45. The van der Waals surface area contributed by atoms with Crippen LogP contribution in [-0.2, 0) is 11.2 Å². The number of carbonyl (C=O) groups excluding carboxylic acids is 1. The van der Waals surface area contributed by atoms with Crippen LogP contribution in [0.4, 0.5) is 0 Å². The summed E-state index contributed by atoms with van der Waals surface area (Å²) in [6.45, 7) is 4.50. The van der Waals surface area contributed by atoms with Crippen LogP contribution in [0.1, 0.15) is 69.4 Å². The van der Waals surface area contributed by atoms with Gasteiger partial charge in [0.2, 0.25) is 5.91 Å². The van der Waals surface area contributed by atoms with Crippen LogP contribution in [0.5, 0.6) is 5.75 Å². The minimum atomic E-state index is 0.0204. The number of hydrogen-bond donors (Lipinski definition) is 1. The van der Waals surface area contributed by atoms with Crippen LogP contribution in [0.3, 0.4) is 0 Å². The van der Waals surface area contributed by atoms with Gasteiger partial charge in [-0.3, -0.25) is 4.79 Å². The predicted octanol–water partition coefficient (Wildman–Crippen LogP) is 3.65. The summed E-state index contributed by atoms with van der Waals surface area (Å²) in [6.07, 6.45) is 10.1. The Morgan fingerprint density at radius 1 is 1.25 bits per heavy atom. The van der Waals surface area contributed by atoms with Gasteiger partial charge in [0.05, 0.1) is 5.71 Å². The number of fused-ring (bicyclic) bond motifs is 1. The molecule has 2 fully saturated rings. The molecule has 3 heterocycles. The van der Waals surface area contributed by atoms with Gasteiger partial charge in [-0.1, -0.05) is 13.3 Å². The fourth-order valence-corrected chi connectivity index (χ4v) is 5.30. The van der Waals surface area contributed by atoms with Crippen molar-refractivity contribution < 1.29 is 9.53 Å². The topological polar surface area (TPSA) is 53.9 Å². The minimum absolute atomic E-state index is 0.0204. The first-order chi connectivity index (χ1) is 13.7. The monoisotopic (exact) mass is 381 g/mol. The maximum absolute atomic E-state index is 11.7. The maximum atomic E-state index is 11.7. The number of rotatable bonds is 3. The number of carbonyl (C=O) groups is 1. The van der Waals surface area contributed by atoms with Crippen LogP contribution in [0.25, 0.3) is 0 Å². The van der Waals surface area contributed by atoms with Gasteiger partial charge < -0.3 is 9.64 Å². The number of amides is 1. The smallest absolute Gasteiger partial charge is 0.240 e. The molecule has 1 atom stereocenters. The summed E-state index contributed by atoms with van der Waals surface area (Å²) in [5.74, 6) is 1.28. The van der Waals surface area contributed by atoms with Crippen molar-refractivity contribution in [2.24, 2.45) is 11.0 Å². The lowest BCUT2D eigenvalue weighted by Crippen LogP contribution is -2.53. The summed E-state index contributed by atoms with van der Waals surface area (Å²) in [7, 11) is 0. The zero-order chi connectivity index (χ0) is 19.1. The van der Waals surface area contributed by atoms with E-state index in [9.17, 15) is 4.79 Å². The molecular weight excluding hydrogens is 350 g/mol. The van der Waals surface area contributed by atoms with Crippen molar-refractivity contribution >= 4 is 11.6 Å². The van der Waals surface area contributed by atoms with Crippen molar-refractivity contribution in [3.05, 3.63) is 29.3 Å². The summed E-state index contributed by atoms with van der Waals surface area (Å²) < 4.78 is 6.62. The van der Waals surface area contributed by atoms with Gasteiger partial charge >= 0.3 is 0 Å². The number of hydrogen-bond acceptors (Lipinski definition) is 4. The Bertz CT molecular complexity index is 791. The van der Waals surface area contributed by atoms with E-state index in [0.717, 1.165) is 55.2 Å². The van der Waals surface area contributed by atoms with Crippen molar-refractivity contribution in [3.8, 4) is 5.75 Å². The Labute approximate surface area is 167 Å². The first-order valence-corrected chi connectivity index (χ1v) is 11.1. The first kappa shape index (κ1) is 18.2. The fraction of sp³-hybridized carbons (Fsp3) is 0.652. The summed E-state index contributed by atoms with van der Waals surface area (Å²) in [5, 5.41) is 4.37. The fourth-order valence-electron chi connectivity index (χ4n) is 5.30. The zero-order valence-corrected chi connectivity index (χ0v) is 16.9. The molecule has 1 saturated heterocycles. The molecule has 5 nitrogen and oxygen atoms in total. The predicted molar refractivity (Wildman–Crippen MR) is 110 cm³/mol. The van der Waals surface area contributed by atoms with Crippen LogP contribution in [0, 0.1) is 5.92 Å². The molecule has 1 aromatic rings. The molecule has 1 saturated carbocycles. The van der Waals surface area contributed by atoms with E-state index < -0.39 is 0 Å². The number of benzene rings is 1. The number of aryl methyl sites for hydroxylation is 1. The number of piperidine rings is 1. The SMILES string of the molecule is CCC1CC(=O)NN=C1c1ccc2c(c1)CCC1(CCN(C3CCC3)CC1)O2. The lowest BCUT2D eigenvalue weighted by Gasteiger charge is -2.48. The molecule has 1 aromatic carbocycles. The lowest BCUT2D eigenvalue weighted by atomic mass is 9.80. The molecule has 4 aliphatic rings. The van der Waals surface area contributed by atoms with Crippen molar-refractivity contribution in [1.82, 2.24) is 10.3 Å². The minimum Gasteiger partial charge on any atom is -0.487 e. The van der Waals surface area contributed by atoms with E-state index in [1.807, 2.05) is 0 Å². The number of nitrogens with one attached hydrogen (secondary N) is 1. The molecule has 5 heteroatoms. The van der Waals surface area contributed by atoms with Crippen molar-refractivity contribution in [2.75, 3.05) is 13.1 Å². The Morgan fingerprint density at radius 2 is 2.07 bits per heavy atom. The molecule has 1 spiro atoms. The molecule has 150 valence electrons. The number of hydrazone groups is 1. The molecule has 1 aliphatic carbocycles. The van der Waals surface area contributed by atoms with E-state index in [1.165, 1.54) is 37.9 Å². The van der Waals surface area contributed by atoms with Gasteiger partial charge in [0.25, 0.3) is 0 Å². The van der Waals surface area contributed by atoms with Crippen molar-refractivity contribution in [3.63, 3.8) is 0 Å². The average molecular weight is 382 g/mol. The molecule has 0 radical (unpaired) electrons. The molecular formula is C23H31N3O2. The average Bonchev–Trinajstić information content (AvgIpc) is 2.68. The maximum Gasteiger partial charge on any atom is 0.240 e. The second kappa shape index (κ2) is 7.18. The molecule has 1 amide bonds. The highest BCUT2D eigenvalue weighted by Crippen LogP contribution is 2.41. The quantitative estimate of drug-likeness (QED) is 0.870. The van der Waals surface area contributed by atoms with Crippen LogP contribution < -0.4 is 10.2 Å². The van der Waals surface area contributed by atoms with Gasteiger partial charge in [0.1, 0.15) is 11.4 Å². The normalized spacial score (nSPS) is 27.4. The van der Waals surface area contributed by atoms with Gasteiger partial charge in [-0.25, -0.2) is 5.43 Å². The third-order valence-electron chi connectivity index (χ3n) is 7.45. The van der Waals surface area contributed by atoms with E-state index in [4.69, 9.17) is 4.74 Å². The van der Waals surface area contributed by atoms with Crippen molar-refractivity contribution in [2.45, 2.75) is 76.4 Å². The van der Waals surface area contributed by atoms with Gasteiger partial charge in [-0.2, -0.15) is 5.10 Å². The third kappa shape index (κ3) is 3.24. The van der Waals surface area contributed by atoms with Gasteiger partial charge in [-0.05, 0) is 74.3 Å². The largest absolute Gasteiger partial charge is 0.487 e. The summed E-state index contributed by atoms with van der Waals surface area (Å²) in [4.78, 5) is 14.4. The molecule has 0 bridgehead atoms. The van der Waals surface area contributed by atoms with Crippen LogP contribution in [-0.4, -0.2) is 41.3 Å². The van der Waals surface area contributed by atoms with Crippen LogP contribution in [0.2, 0.25) is 0 Å². The summed E-state index contributed by atoms with van der Waals surface area (Å²) in [5.41, 5.74) is 6.13. The highest BCUT2D eigenvalue weighted by atomic mass is 16.5. The van der Waals surface area contributed by atoms with Gasteiger partial charge in [0.15, 0.2) is 0 Å². The van der Waals surface area contributed by atoms with E-state index >= 15 is 0 Å². The van der Waals surface area contributed by atoms with Crippen molar-refractivity contribution in [1.29, 1.82) is 0 Å². The van der Waals surface area contributed by atoms with E-state index in [-0.39, 0.29) is 17.4 Å². The number of likely N-dealkylation sites (tertiary alicyclic amines) is 1. The van der Waals surface area contributed by atoms with Gasteiger partial charge in [0, 0.05) is 31.5 Å². The molecule has 3 aliphatic heterocycles. The Hall–Kier alpha value is -1.88. The molecule has 1 N–H and O–H groups in total. The summed E-state index contributed by atoms with van der Waals surface area (Å²) in [6, 6.07) is 7.35. The molecule has 0 aromatic heterocycles. The van der Waals surface area contributed by atoms with E-state index in [0.29, 0.717) is 6.42 Å². The van der Waals surface area contributed by atoms with E-state index in [2.05, 4.69) is 40.5 Å². The number of nitrogens with zero attached hydrogens (tertiary/aromatic N) is 2. The molecule has 28 heavy (non-hydrogen) atoms. The number of ether oxygens (including phenoxy) is 1. The van der Waals surface area contributed by atoms with E-state index in [1.54, 1.807) is 0 Å². The standard InChI is InChI=1S/C23H31N3O2/c1-2-16-15-21(27)24-25-22(16)18-6-7-20-17(14-18)8-9-23(28-20)10-12-26(13-11-23)19-4-3-5-19/h6-7,14,16,19H,2-5,8-13,15H2,1H3,(H,24,27). The lowest BCUT2D eigenvalue weighted by molar-refractivity contribution is -0.122. The molecule has 1 unspecified atom stereocenters. The summed E-state index contributed by atoms with van der Waals surface area (Å²) >= 11 is 0. The Morgan fingerprint density at radius 3 is 2.79 bits per heavy atom. The van der Waals surface area contributed by atoms with Crippen LogP contribution >= 0.6 is 0 Å². The second-order valence-electron chi connectivity index (χ2n) is 9.07. The first-order valence-electron chi connectivity index (χ1n) is 11.1. The Kier molecular flexibility index (Phi) is 4.66. The van der Waals surface area contributed by atoms with Crippen LogP contribution in [0.15, 0.2) is 23.3 Å². The zero-order valence-electron chi connectivity index (χ0n) is 16.9. The Balaban J connectivity index is 1.31. The molecule has 5 rings (SSSR count). The highest BCUT2D eigenvalue weighted by Gasteiger charge is 2.41. The van der Waals surface area contributed by atoms with Gasteiger partial charge in [-0.15, -0.1) is 0 Å².